The number of rotatable bonds is 3. The summed E-state index contributed by atoms with van der Waals surface area (Å²) in [4.78, 5) is 39.3. The fourth-order valence-electron chi connectivity index (χ4n) is 2.67. The van der Waals surface area contributed by atoms with Gasteiger partial charge in [-0.1, -0.05) is 0 Å². The van der Waals surface area contributed by atoms with E-state index in [0.717, 1.165) is 4.57 Å². The molecule has 9 nitrogen and oxygen atoms in total. The van der Waals surface area contributed by atoms with E-state index in [-0.39, 0.29) is 18.1 Å². The zero-order valence-corrected chi connectivity index (χ0v) is 13.4. The van der Waals surface area contributed by atoms with Crippen LogP contribution in [0.5, 0.6) is 0 Å². The summed E-state index contributed by atoms with van der Waals surface area (Å²) in [5.41, 5.74) is -1.11. The van der Waals surface area contributed by atoms with Crippen molar-refractivity contribution in [2.45, 2.75) is 0 Å². The summed E-state index contributed by atoms with van der Waals surface area (Å²) in [5, 5.41) is 9.30. The molecule has 124 valence electrons. The van der Waals surface area contributed by atoms with E-state index in [9.17, 15) is 19.6 Å². The van der Waals surface area contributed by atoms with Crippen molar-refractivity contribution in [2.24, 2.45) is 14.1 Å². The fourth-order valence-corrected chi connectivity index (χ4v) is 2.67. The van der Waals surface area contributed by atoms with Gasteiger partial charge in [0, 0.05) is 40.3 Å². The Morgan fingerprint density at radius 2 is 1.78 bits per heavy atom. The summed E-state index contributed by atoms with van der Waals surface area (Å²) in [6, 6.07) is 1.90. The minimum Gasteiger partial charge on any atom is -0.468 e. The quantitative estimate of drug-likeness (QED) is 0.609. The normalized spacial score (nSPS) is 15.3. The van der Waals surface area contributed by atoms with Gasteiger partial charge in [0.05, 0.1) is 13.7 Å². The maximum atomic E-state index is 12.1. The first kappa shape index (κ1) is 16.8. The first-order valence-corrected chi connectivity index (χ1v) is 7.15. The van der Waals surface area contributed by atoms with Gasteiger partial charge in [0.15, 0.2) is 5.56 Å². The second-order valence-electron chi connectivity index (χ2n) is 5.36. The van der Waals surface area contributed by atoms with Gasteiger partial charge in [-0.25, -0.2) is 4.79 Å². The van der Waals surface area contributed by atoms with Crippen molar-refractivity contribution >= 4 is 11.8 Å². The van der Waals surface area contributed by atoms with Crippen LogP contribution in [0, 0.1) is 11.3 Å². The van der Waals surface area contributed by atoms with Crippen molar-refractivity contribution < 1.29 is 9.53 Å². The van der Waals surface area contributed by atoms with Gasteiger partial charge in [0.25, 0.3) is 5.56 Å². The molecule has 1 aliphatic heterocycles. The Bertz CT molecular complexity index is 765. The van der Waals surface area contributed by atoms with Gasteiger partial charge in [0.2, 0.25) is 0 Å². The Morgan fingerprint density at radius 1 is 1.17 bits per heavy atom. The third-order valence-corrected chi connectivity index (χ3v) is 4.00. The van der Waals surface area contributed by atoms with Crippen LogP contribution >= 0.6 is 0 Å². The summed E-state index contributed by atoms with van der Waals surface area (Å²) >= 11 is 0. The number of piperazine rings is 1. The molecule has 2 heterocycles. The van der Waals surface area contributed by atoms with Crippen molar-refractivity contribution in [3.63, 3.8) is 0 Å². The molecular weight excluding hydrogens is 302 g/mol. The largest absolute Gasteiger partial charge is 0.468 e. The van der Waals surface area contributed by atoms with Crippen LogP contribution in [0.4, 0.5) is 5.82 Å². The van der Waals surface area contributed by atoms with E-state index >= 15 is 0 Å². The Hall–Kier alpha value is -2.60. The SMILES string of the molecule is COC(=O)CN1CCN(c2c(C#N)c(=O)n(C)c(=O)n2C)CC1. The Labute approximate surface area is 132 Å². The minimum atomic E-state index is -0.595. The predicted molar refractivity (Wildman–Crippen MR) is 82.3 cm³/mol. The van der Waals surface area contributed by atoms with Gasteiger partial charge >= 0.3 is 11.7 Å². The monoisotopic (exact) mass is 321 g/mol. The molecule has 0 bridgehead atoms. The third-order valence-electron chi connectivity index (χ3n) is 4.00. The van der Waals surface area contributed by atoms with Gasteiger partial charge in [0.1, 0.15) is 11.9 Å². The number of nitrogens with zero attached hydrogens (tertiary/aromatic N) is 5. The number of nitriles is 1. The van der Waals surface area contributed by atoms with E-state index in [1.54, 1.807) is 7.05 Å². The van der Waals surface area contributed by atoms with E-state index in [4.69, 9.17) is 0 Å². The highest BCUT2D eigenvalue weighted by Crippen LogP contribution is 2.16. The van der Waals surface area contributed by atoms with Crippen molar-refractivity contribution in [3.8, 4) is 6.07 Å². The maximum Gasteiger partial charge on any atom is 0.332 e. The molecule has 0 amide bonds. The van der Waals surface area contributed by atoms with Crippen LogP contribution in [-0.2, 0) is 23.6 Å². The van der Waals surface area contributed by atoms with Crippen molar-refractivity contribution in [1.82, 2.24) is 14.0 Å². The molecule has 1 saturated heterocycles. The van der Waals surface area contributed by atoms with Gasteiger partial charge in [-0.2, -0.15) is 5.26 Å². The second-order valence-corrected chi connectivity index (χ2v) is 5.36. The molecule has 0 spiro atoms. The highest BCUT2D eigenvalue weighted by Gasteiger charge is 2.25. The summed E-state index contributed by atoms with van der Waals surface area (Å²) < 4.78 is 6.88. The van der Waals surface area contributed by atoms with Gasteiger partial charge < -0.3 is 9.64 Å². The van der Waals surface area contributed by atoms with Crippen LogP contribution in [0.3, 0.4) is 0 Å². The first-order valence-electron chi connectivity index (χ1n) is 7.15. The zero-order chi connectivity index (χ0) is 17.1. The van der Waals surface area contributed by atoms with E-state index in [2.05, 4.69) is 4.74 Å². The molecule has 0 aromatic carbocycles. The van der Waals surface area contributed by atoms with Crippen molar-refractivity contribution in [1.29, 1.82) is 5.26 Å². The molecule has 1 aromatic heterocycles. The molecule has 1 aromatic rings. The molecule has 2 rings (SSSR count). The van der Waals surface area contributed by atoms with Crippen LogP contribution in [0.2, 0.25) is 0 Å². The number of hydrogen-bond donors (Lipinski definition) is 0. The second kappa shape index (κ2) is 6.66. The van der Waals surface area contributed by atoms with E-state index in [1.807, 2.05) is 15.9 Å². The smallest absolute Gasteiger partial charge is 0.332 e. The fraction of sp³-hybridized carbons (Fsp3) is 0.571. The number of esters is 1. The summed E-state index contributed by atoms with van der Waals surface area (Å²) in [7, 11) is 4.23. The van der Waals surface area contributed by atoms with Crippen molar-refractivity contribution in [2.75, 3.05) is 44.7 Å². The number of anilines is 1. The van der Waals surface area contributed by atoms with Crippen LogP contribution in [0.1, 0.15) is 5.56 Å². The van der Waals surface area contributed by atoms with Gasteiger partial charge in [-0.15, -0.1) is 0 Å². The maximum absolute atomic E-state index is 12.1. The summed E-state index contributed by atoms with van der Waals surface area (Å²) in [6.07, 6.45) is 0. The Balaban J connectivity index is 2.29. The van der Waals surface area contributed by atoms with E-state index in [1.165, 1.54) is 18.7 Å². The highest BCUT2D eigenvalue weighted by molar-refractivity contribution is 5.71. The Morgan fingerprint density at radius 3 is 2.30 bits per heavy atom. The molecule has 1 fully saturated rings. The third kappa shape index (κ3) is 3.12. The van der Waals surface area contributed by atoms with Crippen LogP contribution in [-0.4, -0.2) is 59.8 Å². The highest BCUT2D eigenvalue weighted by atomic mass is 16.5. The molecule has 1 aliphatic rings. The van der Waals surface area contributed by atoms with Crippen LogP contribution < -0.4 is 16.1 Å². The van der Waals surface area contributed by atoms with E-state index < -0.39 is 11.2 Å². The molecule has 23 heavy (non-hydrogen) atoms. The molecular formula is C14H19N5O4. The topological polar surface area (TPSA) is 101 Å². The minimum absolute atomic E-state index is 0.0454. The molecule has 9 heteroatoms. The molecule has 0 atom stereocenters. The lowest BCUT2D eigenvalue weighted by molar-refractivity contribution is -0.142. The van der Waals surface area contributed by atoms with Gasteiger partial charge in [-0.05, 0) is 0 Å². The molecule has 0 aliphatic carbocycles. The lowest BCUT2D eigenvalue weighted by Crippen LogP contribution is -2.51. The molecule has 0 unspecified atom stereocenters. The molecule has 0 N–H and O–H groups in total. The lowest BCUT2D eigenvalue weighted by Gasteiger charge is -2.36. The number of aromatic nitrogens is 2. The number of carbonyl (C=O) groups is 1. The van der Waals surface area contributed by atoms with E-state index in [0.29, 0.717) is 32.0 Å². The van der Waals surface area contributed by atoms with Gasteiger partial charge in [-0.3, -0.25) is 23.6 Å². The summed E-state index contributed by atoms with van der Waals surface area (Å²) in [6.45, 7) is 2.36. The Kier molecular flexibility index (Phi) is 4.86. The standard InChI is InChI=1S/C14H19N5O4/c1-16-12(10(8-15)13(21)17(2)14(16)22)19-6-4-18(5-7-19)9-11(20)23-3/h4-7,9H2,1-3H3. The lowest BCUT2D eigenvalue weighted by atomic mass is 10.2. The summed E-state index contributed by atoms with van der Waals surface area (Å²) in [5.74, 6) is 0.0236. The predicted octanol–water partition coefficient (Wildman–Crippen LogP) is -1.75. The number of methoxy groups -OCH3 is 1. The van der Waals surface area contributed by atoms with Crippen LogP contribution in [0.25, 0.3) is 0 Å². The number of ether oxygens (including phenoxy) is 1. The molecule has 0 radical (unpaired) electrons. The molecule has 0 saturated carbocycles. The zero-order valence-electron chi connectivity index (χ0n) is 13.4. The number of carbonyl (C=O) groups excluding carboxylic acids is 1. The average molecular weight is 321 g/mol. The average Bonchev–Trinajstić information content (AvgIpc) is 2.56. The van der Waals surface area contributed by atoms with Crippen LogP contribution in [0.15, 0.2) is 9.59 Å². The van der Waals surface area contributed by atoms with Crippen molar-refractivity contribution in [3.05, 3.63) is 26.4 Å². The first-order chi connectivity index (χ1) is 10.9. The number of hydrogen-bond acceptors (Lipinski definition) is 7.